The predicted octanol–water partition coefficient (Wildman–Crippen LogP) is 1.41. The van der Waals surface area contributed by atoms with E-state index in [4.69, 9.17) is 0 Å². The van der Waals surface area contributed by atoms with Crippen LogP contribution in [0.2, 0.25) is 0 Å². The quantitative estimate of drug-likeness (QED) is 0.569. The van der Waals surface area contributed by atoms with Gasteiger partial charge >= 0.3 is 0 Å². The van der Waals surface area contributed by atoms with E-state index in [2.05, 4.69) is 13.8 Å². The molecule has 0 bridgehead atoms. The van der Waals surface area contributed by atoms with Crippen molar-refractivity contribution in [1.29, 1.82) is 0 Å². The second kappa shape index (κ2) is 3.04. The van der Waals surface area contributed by atoms with E-state index in [0.29, 0.717) is 11.9 Å². The molecule has 0 spiro atoms. The molecule has 1 aliphatic rings. The van der Waals surface area contributed by atoms with Gasteiger partial charge in [-0.2, -0.15) is 0 Å². The molecule has 1 amide bonds. The SMILES string of the molecule is CC[C@H](C)N1CCCC1=O. The van der Waals surface area contributed by atoms with E-state index >= 15 is 0 Å². The van der Waals surface area contributed by atoms with Gasteiger partial charge in [0.1, 0.15) is 0 Å². The molecule has 1 aliphatic heterocycles. The monoisotopic (exact) mass is 141 g/mol. The van der Waals surface area contributed by atoms with E-state index in [-0.39, 0.29) is 0 Å². The standard InChI is InChI=1S/C8H15NO/c1-3-7(2)9-6-4-5-8(9)10/h7H,3-6H2,1-2H3/t7-/m0/s1. The van der Waals surface area contributed by atoms with E-state index in [0.717, 1.165) is 25.8 Å². The first-order chi connectivity index (χ1) is 4.75. The van der Waals surface area contributed by atoms with E-state index in [9.17, 15) is 4.79 Å². The summed E-state index contributed by atoms with van der Waals surface area (Å²) in [5.74, 6) is 0.342. The number of carbonyl (C=O) groups is 1. The van der Waals surface area contributed by atoms with Gasteiger partial charge in [0.15, 0.2) is 0 Å². The van der Waals surface area contributed by atoms with Crippen LogP contribution in [0.3, 0.4) is 0 Å². The van der Waals surface area contributed by atoms with Crippen LogP contribution in [0.25, 0.3) is 0 Å². The van der Waals surface area contributed by atoms with Gasteiger partial charge in [-0.05, 0) is 19.8 Å². The van der Waals surface area contributed by atoms with E-state index in [1.807, 2.05) is 4.90 Å². The second-order valence-electron chi connectivity index (χ2n) is 2.95. The van der Waals surface area contributed by atoms with Crippen molar-refractivity contribution in [2.24, 2.45) is 0 Å². The number of carbonyl (C=O) groups excluding carboxylic acids is 1. The molecule has 0 aromatic carbocycles. The zero-order chi connectivity index (χ0) is 7.56. The van der Waals surface area contributed by atoms with Crippen molar-refractivity contribution in [2.75, 3.05) is 6.54 Å². The van der Waals surface area contributed by atoms with Gasteiger partial charge in [-0.3, -0.25) is 4.79 Å². The highest BCUT2D eigenvalue weighted by atomic mass is 16.2. The van der Waals surface area contributed by atoms with Crippen LogP contribution >= 0.6 is 0 Å². The van der Waals surface area contributed by atoms with Crippen LogP contribution in [-0.2, 0) is 4.79 Å². The molecule has 1 rings (SSSR count). The second-order valence-corrected chi connectivity index (χ2v) is 2.95. The van der Waals surface area contributed by atoms with Gasteiger partial charge < -0.3 is 4.90 Å². The minimum Gasteiger partial charge on any atom is -0.340 e. The molecule has 1 saturated heterocycles. The molecular weight excluding hydrogens is 126 g/mol. The molecule has 1 heterocycles. The molecular formula is C8H15NO. The molecule has 1 fully saturated rings. The first kappa shape index (κ1) is 7.58. The molecule has 0 radical (unpaired) electrons. The summed E-state index contributed by atoms with van der Waals surface area (Å²) in [5.41, 5.74) is 0. The fourth-order valence-corrected chi connectivity index (χ4v) is 1.36. The zero-order valence-corrected chi connectivity index (χ0v) is 6.76. The summed E-state index contributed by atoms with van der Waals surface area (Å²) in [6.07, 6.45) is 2.90. The molecule has 1 atom stereocenters. The molecule has 2 heteroatoms. The normalized spacial score (nSPS) is 21.8. The van der Waals surface area contributed by atoms with Crippen molar-refractivity contribution < 1.29 is 4.79 Å². The average molecular weight is 141 g/mol. The smallest absolute Gasteiger partial charge is 0.222 e. The van der Waals surface area contributed by atoms with Crippen molar-refractivity contribution in [3.8, 4) is 0 Å². The Balaban J connectivity index is 2.46. The lowest BCUT2D eigenvalue weighted by molar-refractivity contribution is -0.129. The van der Waals surface area contributed by atoms with Crippen molar-refractivity contribution in [3.63, 3.8) is 0 Å². The summed E-state index contributed by atoms with van der Waals surface area (Å²) in [6.45, 7) is 5.22. The molecule has 0 unspecified atom stereocenters. The molecule has 0 saturated carbocycles. The topological polar surface area (TPSA) is 20.3 Å². The highest BCUT2D eigenvalue weighted by molar-refractivity contribution is 5.78. The Morgan fingerprint density at radius 1 is 1.70 bits per heavy atom. The van der Waals surface area contributed by atoms with Crippen LogP contribution in [0, 0.1) is 0 Å². The minimum atomic E-state index is 0.342. The van der Waals surface area contributed by atoms with E-state index < -0.39 is 0 Å². The fourth-order valence-electron chi connectivity index (χ4n) is 1.36. The third-order valence-corrected chi connectivity index (χ3v) is 2.23. The average Bonchev–Trinajstić information content (AvgIpc) is 2.34. The maximum Gasteiger partial charge on any atom is 0.222 e. The molecule has 2 nitrogen and oxygen atoms in total. The molecule has 58 valence electrons. The number of nitrogens with zero attached hydrogens (tertiary/aromatic N) is 1. The van der Waals surface area contributed by atoms with Crippen molar-refractivity contribution >= 4 is 5.91 Å². The summed E-state index contributed by atoms with van der Waals surface area (Å²) >= 11 is 0. The fraction of sp³-hybridized carbons (Fsp3) is 0.875. The van der Waals surface area contributed by atoms with Crippen molar-refractivity contribution in [2.45, 2.75) is 39.2 Å². The maximum atomic E-state index is 11.1. The van der Waals surface area contributed by atoms with Crippen molar-refractivity contribution in [1.82, 2.24) is 4.90 Å². The Labute approximate surface area is 62.2 Å². The van der Waals surface area contributed by atoms with Gasteiger partial charge in [0, 0.05) is 19.0 Å². The minimum absolute atomic E-state index is 0.342. The summed E-state index contributed by atoms with van der Waals surface area (Å²) in [7, 11) is 0. The predicted molar refractivity (Wildman–Crippen MR) is 40.7 cm³/mol. The van der Waals surface area contributed by atoms with Crippen LogP contribution in [0.5, 0.6) is 0 Å². The van der Waals surface area contributed by atoms with Gasteiger partial charge in [0.05, 0.1) is 0 Å². The lowest BCUT2D eigenvalue weighted by atomic mass is 10.2. The Kier molecular flexibility index (Phi) is 2.30. The van der Waals surface area contributed by atoms with Gasteiger partial charge in [0.25, 0.3) is 0 Å². The Hall–Kier alpha value is -0.530. The largest absolute Gasteiger partial charge is 0.340 e. The Bertz CT molecular complexity index is 133. The maximum absolute atomic E-state index is 11.1. The van der Waals surface area contributed by atoms with Crippen LogP contribution < -0.4 is 0 Å². The Morgan fingerprint density at radius 2 is 2.40 bits per heavy atom. The van der Waals surface area contributed by atoms with E-state index in [1.54, 1.807) is 0 Å². The van der Waals surface area contributed by atoms with Gasteiger partial charge in [-0.1, -0.05) is 6.92 Å². The third-order valence-electron chi connectivity index (χ3n) is 2.23. The van der Waals surface area contributed by atoms with Crippen LogP contribution in [0.15, 0.2) is 0 Å². The number of hydrogen-bond donors (Lipinski definition) is 0. The number of hydrogen-bond acceptors (Lipinski definition) is 1. The highest BCUT2D eigenvalue weighted by Crippen LogP contribution is 2.14. The first-order valence-corrected chi connectivity index (χ1v) is 4.05. The summed E-state index contributed by atoms with van der Waals surface area (Å²) in [4.78, 5) is 13.1. The molecule has 0 aromatic heterocycles. The van der Waals surface area contributed by atoms with Crippen LogP contribution in [-0.4, -0.2) is 23.4 Å². The molecule has 0 aromatic rings. The highest BCUT2D eigenvalue weighted by Gasteiger charge is 2.23. The van der Waals surface area contributed by atoms with E-state index in [1.165, 1.54) is 0 Å². The third kappa shape index (κ3) is 1.31. The summed E-state index contributed by atoms with van der Waals surface area (Å²) in [5, 5.41) is 0. The summed E-state index contributed by atoms with van der Waals surface area (Å²) in [6, 6.07) is 0.454. The lowest BCUT2D eigenvalue weighted by Gasteiger charge is -2.22. The number of likely N-dealkylation sites (tertiary alicyclic amines) is 1. The zero-order valence-electron chi connectivity index (χ0n) is 6.76. The van der Waals surface area contributed by atoms with Gasteiger partial charge in [-0.25, -0.2) is 0 Å². The molecule has 0 N–H and O–H groups in total. The summed E-state index contributed by atoms with van der Waals surface area (Å²) < 4.78 is 0. The molecule has 0 aliphatic carbocycles. The first-order valence-electron chi connectivity index (χ1n) is 4.05. The Morgan fingerprint density at radius 3 is 2.80 bits per heavy atom. The number of amides is 1. The van der Waals surface area contributed by atoms with Crippen LogP contribution in [0.1, 0.15) is 33.1 Å². The lowest BCUT2D eigenvalue weighted by Crippen LogP contribution is -2.33. The number of rotatable bonds is 2. The van der Waals surface area contributed by atoms with Crippen LogP contribution in [0.4, 0.5) is 0 Å². The van der Waals surface area contributed by atoms with Gasteiger partial charge in [0.2, 0.25) is 5.91 Å². The van der Waals surface area contributed by atoms with Crippen molar-refractivity contribution in [3.05, 3.63) is 0 Å². The van der Waals surface area contributed by atoms with Gasteiger partial charge in [-0.15, -0.1) is 0 Å². The molecule has 10 heavy (non-hydrogen) atoms.